The fourth-order valence-corrected chi connectivity index (χ4v) is 1.83. The van der Waals surface area contributed by atoms with Crippen molar-refractivity contribution in [2.45, 2.75) is 13.8 Å². The molecule has 0 bridgehead atoms. The van der Waals surface area contributed by atoms with Crippen molar-refractivity contribution >= 4 is 45.8 Å². The van der Waals surface area contributed by atoms with Gasteiger partial charge in [-0.25, -0.2) is 0 Å². The average Bonchev–Trinajstić information content (AvgIpc) is 2.46. The van der Waals surface area contributed by atoms with Gasteiger partial charge in [0.1, 0.15) is 0 Å². The molecule has 2 rings (SSSR count). The number of nitro benzene ring substituents is 2. The van der Waals surface area contributed by atoms with Crippen molar-refractivity contribution in [3.05, 3.63) is 55.6 Å². The molecule has 0 aliphatic heterocycles. The van der Waals surface area contributed by atoms with Crippen molar-refractivity contribution < 1.29 is 20.1 Å². The summed E-state index contributed by atoms with van der Waals surface area (Å²) in [4.78, 5) is 19.1. The number of nitrogens with zero attached hydrogens (tertiary/aromatic N) is 2. The summed E-state index contributed by atoms with van der Waals surface area (Å²) in [5.74, 6) is -1.43. The van der Waals surface area contributed by atoms with Gasteiger partial charge in [0.2, 0.25) is 0 Å². The number of nitrogen functional groups attached to an aromatic ring is 2. The number of benzene rings is 2. The van der Waals surface area contributed by atoms with E-state index in [2.05, 4.69) is 0 Å². The van der Waals surface area contributed by atoms with E-state index in [1.54, 1.807) is 13.8 Å². The maximum atomic E-state index is 11.0. The van der Waals surface area contributed by atoms with Gasteiger partial charge in [-0.1, -0.05) is 0 Å². The molecule has 4 N–H and O–H groups in total. The van der Waals surface area contributed by atoms with E-state index in [1.807, 2.05) is 0 Å². The third-order valence-corrected chi connectivity index (χ3v) is 2.88. The standard InChI is InChI=1S/2C7H8N2O3.Mg/c2*1-4-2-5(8)7(10)6(3-4)9(11)12;/h2*2-3,10H,8H2,1H3;/q;;+2/p-2. The molecule has 2 aromatic rings. The van der Waals surface area contributed by atoms with Crippen LogP contribution in [0, 0.1) is 34.1 Å². The molecule has 0 aliphatic rings. The third-order valence-electron chi connectivity index (χ3n) is 2.88. The van der Waals surface area contributed by atoms with Crippen LogP contribution in [-0.4, -0.2) is 32.9 Å². The first-order valence-corrected chi connectivity index (χ1v) is 6.47. The van der Waals surface area contributed by atoms with E-state index < -0.39 is 32.7 Å². The van der Waals surface area contributed by atoms with E-state index in [0.29, 0.717) is 11.1 Å². The van der Waals surface area contributed by atoms with Crippen LogP contribution < -0.4 is 21.7 Å². The Balaban J connectivity index is 0.000000443. The minimum atomic E-state index is -0.730. The molecule has 25 heavy (non-hydrogen) atoms. The van der Waals surface area contributed by atoms with Gasteiger partial charge in [-0.2, -0.15) is 0 Å². The second-order valence-electron chi connectivity index (χ2n) is 4.92. The Bertz CT molecular complexity index is 745. The van der Waals surface area contributed by atoms with Crippen LogP contribution in [0.2, 0.25) is 0 Å². The number of hydrogen-bond donors (Lipinski definition) is 2. The Labute approximate surface area is 158 Å². The van der Waals surface area contributed by atoms with Gasteiger partial charge < -0.3 is 21.7 Å². The SMILES string of the molecule is Cc1cc(N)c([O-])c([N+](=O)[O-])c1.Cc1cc(N)c([O-])c([N+](=O)[O-])c1.[Mg+2]. The monoisotopic (exact) mass is 358 g/mol. The van der Waals surface area contributed by atoms with Crippen molar-refractivity contribution in [1.82, 2.24) is 0 Å². The summed E-state index contributed by atoms with van der Waals surface area (Å²) in [5.41, 5.74) is 10.6. The van der Waals surface area contributed by atoms with Gasteiger partial charge in [-0.15, -0.1) is 0 Å². The minimum Gasteiger partial charge on any atom is -0.866 e. The van der Waals surface area contributed by atoms with E-state index in [1.165, 1.54) is 24.3 Å². The molecule has 0 atom stereocenters. The van der Waals surface area contributed by atoms with Crippen molar-refractivity contribution in [2.24, 2.45) is 0 Å². The summed E-state index contributed by atoms with van der Waals surface area (Å²) in [7, 11) is 0. The van der Waals surface area contributed by atoms with Crippen LogP contribution >= 0.6 is 0 Å². The van der Waals surface area contributed by atoms with Gasteiger partial charge >= 0.3 is 23.1 Å². The van der Waals surface area contributed by atoms with Crippen LogP contribution in [0.1, 0.15) is 11.1 Å². The average molecular weight is 359 g/mol. The summed E-state index contributed by atoms with van der Waals surface area (Å²) in [5, 5.41) is 42.5. The Hall–Kier alpha value is -2.79. The number of aryl methyl sites for hydroxylation is 2. The van der Waals surface area contributed by atoms with E-state index >= 15 is 0 Å². The molecule has 0 fully saturated rings. The normalized spacial score (nSPS) is 9.36. The second kappa shape index (κ2) is 8.89. The van der Waals surface area contributed by atoms with Crippen LogP contribution in [0.15, 0.2) is 24.3 Å². The molecule has 0 spiro atoms. The summed E-state index contributed by atoms with van der Waals surface area (Å²) in [6.45, 7) is 3.28. The Morgan fingerprint density at radius 3 is 1.28 bits per heavy atom. The molecule has 10 nitrogen and oxygen atoms in total. The molecule has 0 amide bonds. The first kappa shape index (κ1) is 22.2. The number of anilines is 2. The Kier molecular flexibility index (Phi) is 7.90. The maximum Gasteiger partial charge on any atom is 2.00 e. The molecule has 128 valence electrons. The molecular weight excluding hydrogens is 344 g/mol. The first-order valence-electron chi connectivity index (χ1n) is 6.47. The number of nitro groups is 2. The van der Waals surface area contributed by atoms with Crippen LogP contribution in [-0.2, 0) is 0 Å². The van der Waals surface area contributed by atoms with Gasteiger partial charge in [0.15, 0.2) is 0 Å². The fraction of sp³-hybridized carbons (Fsp3) is 0.143. The van der Waals surface area contributed by atoms with Gasteiger partial charge in [0.05, 0.1) is 9.85 Å². The molecule has 0 radical (unpaired) electrons. The Morgan fingerprint density at radius 2 is 1.04 bits per heavy atom. The van der Waals surface area contributed by atoms with Gasteiger partial charge in [-0.05, 0) is 48.6 Å². The predicted molar refractivity (Wildman–Crippen MR) is 89.1 cm³/mol. The topological polar surface area (TPSA) is 184 Å². The second-order valence-corrected chi connectivity index (χ2v) is 4.92. The first-order chi connectivity index (χ1) is 11.0. The summed E-state index contributed by atoms with van der Waals surface area (Å²) in [6.07, 6.45) is 0. The molecular formula is C14H14MgN4O6. The number of nitrogens with two attached hydrogens (primary N) is 2. The zero-order valence-corrected chi connectivity index (χ0v) is 14.9. The minimum absolute atomic E-state index is 0. The quantitative estimate of drug-likeness (QED) is 0.340. The molecule has 0 aliphatic carbocycles. The van der Waals surface area contributed by atoms with Crippen molar-refractivity contribution in [3.8, 4) is 11.5 Å². The van der Waals surface area contributed by atoms with Crippen molar-refractivity contribution in [3.63, 3.8) is 0 Å². The van der Waals surface area contributed by atoms with E-state index in [4.69, 9.17) is 11.5 Å². The molecule has 0 aromatic heterocycles. The molecule has 0 unspecified atom stereocenters. The Morgan fingerprint density at radius 1 is 0.760 bits per heavy atom. The molecule has 0 saturated heterocycles. The molecule has 0 saturated carbocycles. The van der Waals surface area contributed by atoms with Crippen molar-refractivity contribution in [1.29, 1.82) is 0 Å². The number of hydrogen-bond acceptors (Lipinski definition) is 8. The third kappa shape index (κ3) is 5.65. The van der Waals surface area contributed by atoms with E-state index in [-0.39, 0.29) is 34.4 Å². The zero-order valence-electron chi connectivity index (χ0n) is 13.5. The van der Waals surface area contributed by atoms with Crippen LogP contribution in [0.25, 0.3) is 0 Å². The van der Waals surface area contributed by atoms with Crippen molar-refractivity contribution in [2.75, 3.05) is 11.5 Å². The van der Waals surface area contributed by atoms with Crippen LogP contribution in [0.5, 0.6) is 11.5 Å². The van der Waals surface area contributed by atoms with Crippen LogP contribution in [0.3, 0.4) is 0 Å². The maximum absolute atomic E-state index is 11.0. The summed E-state index contributed by atoms with van der Waals surface area (Å²) < 4.78 is 0. The largest absolute Gasteiger partial charge is 2.00 e. The van der Waals surface area contributed by atoms with Gasteiger partial charge in [0.25, 0.3) is 11.4 Å². The molecule has 11 heteroatoms. The van der Waals surface area contributed by atoms with Crippen LogP contribution in [0.4, 0.5) is 22.7 Å². The summed E-state index contributed by atoms with van der Waals surface area (Å²) in [6, 6.07) is 5.24. The zero-order chi connectivity index (χ0) is 18.6. The fourth-order valence-electron chi connectivity index (χ4n) is 1.83. The summed E-state index contributed by atoms with van der Waals surface area (Å²) >= 11 is 0. The molecule has 2 aromatic carbocycles. The number of rotatable bonds is 2. The molecule has 0 heterocycles. The van der Waals surface area contributed by atoms with Gasteiger partial charge in [0, 0.05) is 23.5 Å². The smallest absolute Gasteiger partial charge is 0.866 e. The van der Waals surface area contributed by atoms with E-state index in [9.17, 15) is 30.4 Å². The predicted octanol–water partition coefficient (Wildman–Crippen LogP) is 0.737. The van der Waals surface area contributed by atoms with Gasteiger partial charge in [-0.3, -0.25) is 20.2 Å². The van der Waals surface area contributed by atoms with E-state index in [0.717, 1.165) is 0 Å².